The molecule has 2 amide bonds. The van der Waals surface area contributed by atoms with E-state index < -0.39 is 36.0 Å². The molecule has 0 aliphatic carbocycles. The fourth-order valence-electron chi connectivity index (χ4n) is 2.77. The molecule has 7 N–H and O–H groups in total. The minimum Gasteiger partial charge on any atom is -0.480 e. The van der Waals surface area contributed by atoms with E-state index in [4.69, 9.17) is 16.6 Å². The Labute approximate surface area is 141 Å². The third-order valence-corrected chi connectivity index (χ3v) is 4.16. The maximum atomic E-state index is 12.4. The quantitative estimate of drug-likeness (QED) is 0.298. The molecule has 1 aliphatic rings. The first kappa shape index (κ1) is 20.3. The molecule has 3 atom stereocenters. The minimum absolute atomic E-state index is 0.159. The molecule has 1 fully saturated rings. The van der Waals surface area contributed by atoms with E-state index >= 15 is 0 Å². The number of hydrogen-bond donors (Lipinski definition) is 5. The summed E-state index contributed by atoms with van der Waals surface area (Å²) in [6, 6.07) is -1.92. The van der Waals surface area contributed by atoms with E-state index in [0.29, 0.717) is 32.4 Å². The topological polar surface area (TPSA) is 159 Å². The summed E-state index contributed by atoms with van der Waals surface area (Å²) in [6.07, 6.45) is 2.32. The second-order valence-electron chi connectivity index (χ2n) is 5.98. The lowest BCUT2D eigenvalue weighted by Crippen LogP contribution is -2.56. The highest BCUT2D eigenvalue weighted by atomic mass is 16.4. The smallest absolute Gasteiger partial charge is 0.326 e. The van der Waals surface area contributed by atoms with Crippen molar-refractivity contribution >= 4 is 17.8 Å². The number of nitrogens with two attached hydrogens (primary N) is 2. The van der Waals surface area contributed by atoms with Gasteiger partial charge in [0.05, 0.1) is 0 Å². The summed E-state index contributed by atoms with van der Waals surface area (Å²) in [5.41, 5.74) is 10.9. The van der Waals surface area contributed by atoms with Crippen molar-refractivity contribution < 1.29 is 24.6 Å². The summed E-state index contributed by atoms with van der Waals surface area (Å²) in [4.78, 5) is 36.8. The predicted octanol–water partition coefficient (Wildman–Crippen LogP) is -1.61. The molecular formula is C15H28N4O5. The minimum atomic E-state index is -1.22. The van der Waals surface area contributed by atoms with Gasteiger partial charge in [-0.05, 0) is 32.2 Å². The van der Waals surface area contributed by atoms with Gasteiger partial charge in [-0.2, -0.15) is 0 Å². The Morgan fingerprint density at radius 2 is 1.92 bits per heavy atom. The highest BCUT2D eigenvalue weighted by Crippen LogP contribution is 2.18. The van der Waals surface area contributed by atoms with Gasteiger partial charge in [-0.15, -0.1) is 0 Å². The number of carbonyl (C=O) groups excluding carboxylic acids is 2. The zero-order chi connectivity index (χ0) is 18.1. The Kier molecular flexibility index (Phi) is 8.66. The molecule has 0 bridgehead atoms. The molecule has 1 unspecified atom stereocenters. The Balaban J connectivity index is 2.54. The molecule has 1 aliphatic heterocycles. The van der Waals surface area contributed by atoms with Gasteiger partial charge in [0.15, 0.2) is 0 Å². The van der Waals surface area contributed by atoms with E-state index in [9.17, 15) is 19.5 Å². The molecule has 1 heterocycles. The average Bonchev–Trinajstić information content (AvgIpc) is 3.05. The summed E-state index contributed by atoms with van der Waals surface area (Å²) in [5.74, 6) is -2.26. The van der Waals surface area contributed by atoms with Crippen LogP contribution in [0.2, 0.25) is 0 Å². The average molecular weight is 344 g/mol. The molecule has 0 aromatic carbocycles. The van der Waals surface area contributed by atoms with Gasteiger partial charge in [0.1, 0.15) is 18.2 Å². The SMILES string of the molecule is NCCCCCC(O)C(=O)N[C@@H](CN)C(=O)N1CCC[C@H]1C(=O)O. The predicted molar refractivity (Wildman–Crippen MR) is 86.9 cm³/mol. The number of aliphatic carboxylic acids is 1. The number of aliphatic hydroxyl groups is 1. The molecule has 0 aromatic rings. The zero-order valence-corrected chi connectivity index (χ0v) is 13.8. The van der Waals surface area contributed by atoms with Crippen LogP contribution >= 0.6 is 0 Å². The number of likely N-dealkylation sites (tertiary alicyclic amines) is 1. The molecule has 0 spiro atoms. The second-order valence-corrected chi connectivity index (χ2v) is 5.98. The molecule has 1 saturated heterocycles. The largest absolute Gasteiger partial charge is 0.480 e. The van der Waals surface area contributed by atoms with Gasteiger partial charge in [0.2, 0.25) is 11.8 Å². The fourth-order valence-corrected chi connectivity index (χ4v) is 2.77. The van der Waals surface area contributed by atoms with E-state index in [-0.39, 0.29) is 13.0 Å². The van der Waals surface area contributed by atoms with Crippen molar-refractivity contribution in [1.82, 2.24) is 10.2 Å². The first-order valence-corrected chi connectivity index (χ1v) is 8.34. The summed E-state index contributed by atoms with van der Waals surface area (Å²) in [5, 5.41) is 21.4. The molecule has 0 saturated carbocycles. The maximum absolute atomic E-state index is 12.4. The van der Waals surface area contributed by atoms with E-state index in [1.54, 1.807) is 0 Å². The summed E-state index contributed by atoms with van der Waals surface area (Å²) in [6.45, 7) is 0.726. The lowest BCUT2D eigenvalue weighted by Gasteiger charge is -2.27. The van der Waals surface area contributed by atoms with Gasteiger partial charge >= 0.3 is 5.97 Å². The van der Waals surface area contributed by atoms with Crippen molar-refractivity contribution in [2.45, 2.75) is 56.7 Å². The number of amides is 2. The number of carbonyl (C=O) groups is 3. The number of unbranched alkanes of at least 4 members (excludes halogenated alkanes) is 2. The van der Waals surface area contributed by atoms with Crippen LogP contribution in [0.15, 0.2) is 0 Å². The number of nitrogens with one attached hydrogen (secondary N) is 1. The first-order valence-electron chi connectivity index (χ1n) is 8.34. The number of aliphatic hydroxyl groups excluding tert-OH is 1. The highest BCUT2D eigenvalue weighted by molar-refractivity contribution is 5.92. The van der Waals surface area contributed by atoms with Crippen LogP contribution in [0.25, 0.3) is 0 Å². The first-order chi connectivity index (χ1) is 11.4. The van der Waals surface area contributed by atoms with Gasteiger partial charge in [-0.1, -0.05) is 12.8 Å². The van der Waals surface area contributed by atoms with Crippen molar-refractivity contribution in [1.29, 1.82) is 0 Å². The van der Waals surface area contributed by atoms with Gasteiger partial charge in [0.25, 0.3) is 0 Å². The molecular weight excluding hydrogens is 316 g/mol. The summed E-state index contributed by atoms with van der Waals surface area (Å²) < 4.78 is 0. The Bertz CT molecular complexity index is 446. The van der Waals surface area contributed by atoms with Crippen molar-refractivity contribution in [2.75, 3.05) is 19.6 Å². The summed E-state index contributed by atoms with van der Waals surface area (Å²) >= 11 is 0. The number of nitrogens with zero attached hydrogens (tertiary/aromatic N) is 1. The van der Waals surface area contributed by atoms with E-state index in [0.717, 1.165) is 12.8 Å². The van der Waals surface area contributed by atoms with Crippen LogP contribution in [0, 0.1) is 0 Å². The Hall–Kier alpha value is -1.71. The van der Waals surface area contributed by atoms with Crippen molar-refractivity contribution in [2.24, 2.45) is 11.5 Å². The van der Waals surface area contributed by atoms with Crippen LogP contribution in [-0.2, 0) is 14.4 Å². The van der Waals surface area contributed by atoms with Crippen LogP contribution in [0.4, 0.5) is 0 Å². The van der Waals surface area contributed by atoms with Gasteiger partial charge in [-0.3, -0.25) is 9.59 Å². The molecule has 138 valence electrons. The lowest BCUT2D eigenvalue weighted by molar-refractivity contribution is -0.149. The van der Waals surface area contributed by atoms with Crippen LogP contribution in [0.5, 0.6) is 0 Å². The highest BCUT2D eigenvalue weighted by Gasteiger charge is 2.37. The second kappa shape index (κ2) is 10.2. The Morgan fingerprint density at radius 1 is 1.21 bits per heavy atom. The molecule has 0 aromatic heterocycles. The maximum Gasteiger partial charge on any atom is 0.326 e. The van der Waals surface area contributed by atoms with Gasteiger partial charge < -0.3 is 31.9 Å². The van der Waals surface area contributed by atoms with Crippen molar-refractivity contribution in [3.63, 3.8) is 0 Å². The summed E-state index contributed by atoms with van der Waals surface area (Å²) in [7, 11) is 0. The van der Waals surface area contributed by atoms with Crippen LogP contribution in [0.1, 0.15) is 38.5 Å². The van der Waals surface area contributed by atoms with Crippen molar-refractivity contribution in [3.8, 4) is 0 Å². The number of hydrogen-bond acceptors (Lipinski definition) is 6. The van der Waals surface area contributed by atoms with E-state index in [1.165, 1.54) is 4.90 Å². The number of carboxylic acids is 1. The fraction of sp³-hybridized carbons (Fsp3) is 0.800. The van der Waals surface area contributed by atoms with Crippen LogP contribution in [-0.4, -0.2) is 70.7 Å². The van der Waals surface area contributed by atoms with E-state index in [2.05, 4.69) is 5.32 Å². The molecule has 9 nitrogen and oxygen atoms in total. The van der Waals surface area contributed by atoms with E-state index in [1.807, 2.05) is 0 Å². The van der Waals surface area contributed by atoms with Crippen molar-refractivity contribution in [3.05, 3.63) is 0 Å². The van der Waals surface area contributed by atoms with Gasteiger partial charge in [0, 0.05) is 13.1 Å². The third-order valence-electron chi connectivity index (χ3n) is 4.16. The molecule has 24 heavy (non-hydrogen) atoms. The zero-order valence-electron chi connectivity index (χ0n) is 13.8. The number of rotatable bonds is 10. The van der Waals surface area contributed by atoms with Crippen LogP contribution < -0.4 is 16.8 Å². The van der Waals surface area contributed by atoms with Crippen LogP contribution in [0.3, 0.4) is 0 Å². The normalized spacial score (nSPS) is 19.8. The third kappa shape index (κ3) is 5.73. The molecule has 0 radical (unpaired) electrons. The Morgan fingerprint density at radius 3 is 2.50 bits per heavy atom. The monoisotopic (exact) mass is 344 g/mol. The molecule has 9 heteroatoms. The standard InChI is InChI=1S/C15H28N4O5/c16-7-3-1-2-6-12(20)13(21)18-10(9-17)14(22)19-8-4-5-11(19)15(23)24/h10-12,20H,1-9,16-17H2,(H,18,21)(H,23,24)/t10-,11-,12?/m0/s1. The molecule has 1 rings (SSSR count). The van der Waals surface area contributed by atoms with Gasteiger partial charge in [-0.25, -0.2) is 4.79 Å². The number of carboxylic acid groups (broad SMARTS) is 1. The lowest BCUT2D eigenvalue weighted by atomic mass is 10.1.